The number of aromatic nitrogens is 1. The van der Waals surface area contributed by atoms with Crippen LogP contribution < -0.4 is 10.7 Å². The van der Waals surface area contributed by atoms with E-state index in [4.69, 9.17) is 21.1 Å². The van der Waals surface area contributed by atoms with Crippen LogP contribution in [0.3, 0.4) is 0 Å². The molecule has 8 nitrogen and oxygen atoms in total. The van der Waals surface area contributed by atoms with Crippen LogP contribution in [0.25, 0.3) is 10.9 Å². The van der Waals surface area contributed by atoms with Crippen molar-refractivity contribution in [2.75, 3.05) is 40.0 Å². The summed E-state index contributed by atoms with van der Waals surface area (Å²) in [6.07, 6.45) is 2.05. The van der Waals surface area contributed by atoms with Gasteiger partial charge in [0.05, 0.1) is 31.4 Å². The number of β-amino-alcohol motifs (C(OH)–C–C–N with tert-alkyl or cyclic N) is 1. The topological polar surface area (TPSA) is 93.0 Å². The first-order valence-electron chi connectivity index (χ1n) is 12.1. The molecule has 192 valence electrons. The highest BCUT2D eigenvalue weighted by Crippen LogP contribution is 2.19. The monoisotopic (exact) mass is 513 g/mol. The number of hydrogen-bond acceptors (Lipinski definition) is 6. The summed E-state index contributed by atoms with van der Waals surface area (Å²) in [6, 6.07) is 13.0. The van der Waals surface area contributed by atoms with E-state index >= 15 is 0 Å². The molecule has 2 heterocycles. The molecule has 1 amide bonds. The van der Waals surface area contributed by atoms with Gasteiger partial charge in [-0.15, -0.1) is 0 Å². The number of amides is 1. The number of rotatable bonds is 11. The molecule has 2 N–H and O–H groups in total. The predicted molar refractivity (Wildman–Crippen MR) is 139 cm³/mol. The van der Waals surface area contributed by atoms with Gasteiger partial charge < -0.3 is 24.5 Å². The lowest BCUT2D eigenvalue weighted by atomic mass is 10.1. The molecular formula is C27H32ClN3O5. The van der Waals surface area contributed by atoms with E-state index in [0.717, 1.165) is 29.6 Å². The first-order valence-corrected chi connectivity index (χ1v) is 12.5. The molecule has 1 aliphatic heterocycles. The second kappa shape index (κ2) is 12.5. The maximum Gasteiger partial charge on any atom is 0.257 e. The van der Waals surface area contributed by atoms with Gasteiger partial charge in [0.25, 0.3) is 5.91 Å². The van der Waals surface area contributed by atoms with Crippen LogP contribution in [-0.2, 0) is 29.1 Å². The highest BCUT2D eigenvalue weighted by molar-refractivity contribution is 6.30. The molecule has 1 aliphatic rings. The van der Waals surface area contributed by atoms with Crippen molar-refractivity contribution < 1.29 is 19.4 Å². The molecule has 0 bridgehead atoms. The van der Waals surface area contributed by atoms with E-state index < -0.39 is 5.91 Å². The van der Waals surface area contributed by atoms with Crippen molar-refractivity contribution in [1.82, 2.24) is 14.8 Å². The van der Waals surface area contributed by atoms with Crippen LogP contribution in [0, 0.1) is 0 Å². The predicted octanol–water partition coefficient (Wildman–Crippen LogP) is 2.81. The van der Waals surface area contributed by atoms with E-state index in [1.54, 1.807) is 25.4 Å². The van der Waals surface area contributed by atoms with Crippen LogP contribution >= 0.6 is 11.6 Å². The number of pyridine rings is 1. The number of nitrogens with one attached hydrogen (secondary N) is 1. The third kappa shape index (κ3) is 6.72. The van der Waals surface area contributed by atoms with Crippen molar-refractivity contribution in [2.24, 2.45) is 0 Å². The smallest absolute Gasteiger partial charge is 0.257 e. The molecule has 3 aromatic rings. The third-order valence-electron chi connectivity index (χ3n) is 6.32. The quantitative estimate of drug-likeness (QED) is 0.383. The zero-order chi connectivity index (χ0) is 25.5. The number of aliphatic hydroxyl groups is 1. The van der Waals surface area contributed by atoms with Crippen LogP contribution in [0.2, 0.25) is 5.02 Å². The molecular weight excluding hydrogens is 482 g/mol. The molecule has 4 rings (SSSR count). The van der Waals surface area contributed by atoms with Gasteiger partial charge >= 0.3 is 0 Å². The van der Waals surface area contributed by atoms with Gasteiger partial charge in [-0.1, -0.05) is 29.8 Å². The van der Waals surface area contributed by atoms with Crippen LogP contribution in [0.5, 0.6) is 0 Å². The van der Waals surface area contributed by atoms with Gasteiger partial charge in [0.2, 0.25) is 5.43 Å². The van der Waals surface area contributed by atoms with Crippen molar-refractivity contribution in [1.29, 1.82) is 0 Å². The standard InChI is InChI=1S/C27H32ClN3O5/c1-35-12-13-36-11-10-31-18-24(27(34)29-15-19-2-5-21(28)6-3-19)26(33)23-14-20(4-7-25(23)31)16-30-9-8-22(32)17-30/h2-7,14,18,22,32H,8-13,15-17H2,1H3,(H,29,34)/t22-/m1/s1. The first-order chi connectivity index (χ1) is 17.4. The summed E-state index contributed by atoms with van der Waals surface area (Å²) >= 11 is 5.94. The number of halogens is 1. The fourth-order valence-electron chi connectivity index (χ4n) is 4.39. The molecule has 0 radical (unpaired) electrons. The molecule has 0 aliphatic carbocycles. The second-order valence-corrected chi connectivity index (χ2v) is 9.45. The van der Waals surface area contributed by atoms with Gasteiger partial charge in [0.1, 0.15) is 5.56 Å². The van der Waals surface area contributed by atoms with Crippen molar-refractivity contribution in [3.8, 4) is 0 Å². The zero-order valence-electron chi connectivity index (χ0n) is 20.4. The molecule has 9 heteroatoms. The number of likely N-dealkylation sites (tertiary alicyclic amines) is 1. The summed E-state index contributed by atoms with van der Waals surface area (Å²) < 4.78 is 12.5. The Bertz CT molecular complexity index is 1240. The Morgan fingerprint density at radius 3 is 2.64 bits per heavy atom. The molecule has 1 fully saturated rings. The highest BCUT2D eigenvalue weighted by atomic mass is 35.5. The van der Waals surface area contributed by atoms with Gasteiger partial charge in [-0.05, 0) is 41.8 Å². The Kier molecular flexibility index (Phi) is 9.12. The molecule has 1 saturated heterocycles. The number of ether oxygens (including phenoxy) is 2. The molecule has 36 heavy (non-hydrogen) atoms. The fraction of sp³-hybridized carbons (Fsp3) is 0.407. The van der Waals surface area contributed by atoms with Crippen molar-refractivity contribution >= 4 is 28.4 Å². The van der Waals surface area contributed by atoms with Crippen LogP contribution in [0.4, 0.5) is 0 Å². The van der Waals surface area contributed by atoms with Gasteiger partial charge in [-0.3, -0.25) is 14.5 Å². The summed E-state index contributed by atoms with van der Waals surface area (Å²) in [7, 11) is 1.62. The van der Waals surface area contributed by atoms with Crippen molar-refractivity contribution in [2.45, 2.75) is 32.2 Å². The lowest BCUT2D eigenvalue weighted by Gasteiger charge is -2.17. The largest absolute Gasteiger partial charge is 0.392 e. The maximum absolute atomic E-state index is 13.4. The minimum absolute atomic E-state index is 0.0853. The fourth-order valence-corrected chi connectivity index (χ4v) is 4.52. The van der Waals surface area contributed by atoms with E-state index in [1.165, 1.54) is 0 Å². The van der Waals surface area contributed by atoms with E-state index in [0.29, 0.717) is 49.9 Å². The molecule has 1 atom stereocenters. The number of aliphatic hydroxyl groups excluding tert-OH is 1. The number of hydrogen-bond donors (Lipinski definition) is 2. The lowest BCUT2D eigenvalue weighted by molar-refractivity contribution is 0.0669. The SMILES string of the molecule is COCCOCCn1cc(C(=O)NCc2ccc(Cl)cc2)c(=O)c2cc(CN3CC[C@@H](O)C3)ccc21. The van der Waals surface area contributed by atoms with Crippen LogP contribution in [-0.4, -0.2) is 66.6 Å². The van der Waals surface area contributed by atoms with Crippen molar-refractivity contribution in [3.63, 3.8) is 0 Å². The lowest BCUT2D eigenvalue weighted by Crippen LogP contribution is -2.30. The van der Waals surface area contributed by atoms with E-state index in [1.807, 2.05) is 34.9 Å². The third-order valence-corrected chi connectivity index (χ3v) is 6.57. The number of methoxy groups -OCH3 is 1. The molecule has 0 unspecified atom stereocenters. The summed E-state index contributed by atoms with van der Waals surface area (Å²) in [5.41, 5.74) is 2.38. The normalized spacial score (nSPS) is 16.0. The minimum atomic E-state index is -0.432. The van der Waals surface area contributed by atoms with E-state index in [-0.39, 0.29) is 23.6 Å². The van der Waals surface area contributed by atoms with Crippen LogP contribution in [0.15, 0.2) is 53.5 Å². The van der Waals surface area contributed by atoms with E-state index in [2.05, 4.69) is 10.2 Å². The number of carbonyl (C=O) groups excluding carboxylic acids is 1. The minimum Gasteiger partial charge on any atom is -0.392 e. The van der Waals surface area contributed by atoms with E-state index in [9.17, 15) is 14.7 Å². The molecule has 0 spiro atoms. The van der Waals surface area contributed by atoms with Crippen molar-refractivity contribution in [3.05, 3.63) is 80.6 Å². The van der Waals surface area contributed by atoms with Gasteiger partial charge in [-0.2, -0.15) is 0 Å². The Morgan fingerprint density at radius 1 is 1.14 bits per heavy atom. The van der Waals surface area contributed by atoms with Gasteiger partial charge in [-0.25, -0.2) is 0 Å². The number of carbonyl (C=O) groups is 1. The molecule has 0 saturated carbocycles. The highest BCUT2D eigenvalue weighted by Gasteiger charge is 2.21. The number of benzene rings is 2. The number of fused-ring (bicyclic) bond motifs is 1. The summed E-state index contributed by atoms with van der Waals surface area (Å²) in [4.78, 5) is 28.7. The average Bonchev–Trinajstić information content (AvgIpc) is 3.29. The summed E-state index contributed by atoms with van der Waals surface area (Å²) in [5.74, 6) is -0.432. The Morgan fingerprint density at radius 2 is 1.92 bits per heavy atom. The average molecular weight is 514 g/mol. The Hall–Kier alpha value is -2.75. The van der Waals surface area contributed by atoms with Gasteiger partial charge in [0.15, 0.2) is 0 Å². The Balaban J connectivity index is 1.60. The molecule has 1 aromatic heterocycles. The first kappa shape index (κ1) is 26.3. The van der Waals surface area contributed by atoms with Crippen LogP contribution in [0.1, 0.15) is 27.9 Å². The molecule has 2 aromatic carbocycles. The number of nitrogens with zero attached hydrogens (tertiary/aromatic N) is 2. The summed E-state index contributed by atoms with van der Waals surface area (Å²) in [5, 5.41) is 13.8. The zero-order valence-corrected chi connectivity index (χ0v) is 21.2. The summed E-state index contributed by atoms with van der Waals surface area (Å²) in [6.45, 7) is 4.22. The van der Waals surface area contributed by atoms with Gasteiger partial charge in [0, 0.05) is 56.4 Å². The Labute approximate surface area is 215 Å². The second-order valence-electron chi connectivity index (χ2n) is 9.01. The maximum atomic E-state index is 13.4.